The molecule has 0 aliphatic rings. The molecule has 2 nitrogen and oxygen atoms in total. The molecule has 2 aromatic carbocycles. The van der Waals surface area contributed by atoms with Crippen LogP contribution in [0.1, 0.15) is 28.3 Å². The summed E-state index contributed by atoms with van der Waals surface area (Å²) >= 11 is 0. The Hall–Kier alpha value is -1.64. The summed E-state index contributed by atoms with van der Waals surface area (Å²) < 4.78 is 5.11. The zero-order valence-electron chi connectivity index (χ0n) is 12.5. The molecule has 0 amide bonds. The molecule has 0 spiro atoms. The van der Waals surface area contributed by atoms with Gasteiger partial charge in [0.15, 0.2) is 0 Å². The van der Waals surface area contributed by atoms with Gasteiger partial charge in [0.1, 0.15) is 0 Å². The van der Waals surface area contributed by atoms with Crippen LogP contribution in [-0.2, 0) is 11.2 Å². The zero-order chi connectivity index (χ0) is 14.4. The Morgan fingerprint density at radius 2 is 1.80 bits per heavy atom. The molecule has 0 saturated carbocycles. The van der Waals surface area contributed by atoms with E-state index in [1.165, 1.54) is 22.3 Å². The van der Waals surface area contributed by atoms with Gasteiger partial charge in [-0.3, -0.25) is 0 Å². The molecule has 20 heavy (non-hydrogen) atoms. The Labute approximate surface area is 121 Å². The first kappa shape index (κ1) is 14.8. The van der Waals surface area contributed by atoms with Crippen molar-refractivity contribution in [2.75, 3.05) is 20.8 Å². The molecule has 2 heteroatoms. The number of methoxy groups -OCH3 is 1. The molecule has 0 aliphatic carbocycles. The first-order valence-corrected chi connectivity index (χ1v) is 7.06. The zero-order valence-corrected chi connectivity index (χ0v) is 12.5. The Balaban J connectivity index is 2.19. The molecular formula is C18H23NO. The summed E-state index contributed by atoms with van der Waals surface area (Å²) in [5.41, 5.74) is 5.20. The molecule has 0 aromatic heterocycles. The number of hydrogen-bond donors (Lipinski definition) is 1. The minimum Gasteiger partial charge on any atom is -0.384 e. The van der Waals surface area contributed by atoms with Crippen LogP contribution in [0.25, 0.3) is 0 Å². The molecule has 0 aliphatic heterocycles. The van der Waals surface area contributed by atoms with Crippen LogP contribution in [0.5, 0.6) is 0 Å². The average Bonchev–Trinajstić information content (AvgIpc) is 2.47. The molecule has 1 unspecified atom stereocenters. The minimum atomic E-state index is 0.242. The van der Waals surface area contributed by atoms with Crippen molar-refractivity contribution in [3.05, 3.63) is 70.8 Å². The van der Waals surface area contributed by atoms with Crippen molar-refractivity contribution in [2.45, 2.75) is 19.4 Å². The van der Waals surface area contributed by atoms with Crippen molar-refractivity contribution in [1.82, 2.24) is 5.32 Å². The lowest BCUT2D eigenvalue weighted by molar-refractivity contribution is 0.202. The number of nitrogens with one attached hydrogen (secondary N) is 1. The molecule has 0 bridgehead atoms. The van der Waals surface area contributed by atoms with E-state index in [0.29, 0.717) is 0 Å². The standard InChI is InChI=1S/C18H23NO/c1-14-5-4-6-17(13-14)18(19-2)16-9-7-15(8-10-16)11-12-20-3/h4-10,13,18-19H,11-12H2,1-3H3. The van der Waals surface area contributed by atoms with Crippen LogP contribution < -0.4 is 5.32 Å². The van der Waals surface area contributed by atoms with Gasteiger partial charge in [0.05, 0.1) is 12.6 Å². The van der Waals surface area contributed by atoms with E-state index in [4.69, 9.17) is 4.74 Å². The van der Waals surface area contributed by atoms with Gasteiger partial charge in [0, 0.05) is 7.11 Å². The Morgan fingerprint density at radius 3 is 2.40 bits per heavy atom. The van der Waals surface area contributed by atoms with Gasteiger partial charge in [-0.25, -0.2) is 0 Å². The van der Waals surface area contributed by atoms with Gasteiger partial charge < -0.3 is 10.1 Å². The quantitative estimate of drug-likeness (QED) is 0.866. The molecule has 2 aromatic rings. The maximum atomic E-state index is 5.11. The summed E-state index contributed by atoms with van der Waals surface area (Å²) in [6.45, 7) is 2.90. The highest BCUT2D eigenvalue weighted by molar-refractivity contribution is 5.35. The van der Waals surface area contributed by atoms with E-state index in [2.05, 4.69) is 60.8 Å². The van der Waals surface area contributed by atoms with Crippen LogP contribution in [0.3, 0.4) is 0 Å². The van der Waals surface area contributed by atoms with Gasteiger partial charge in [-0.05, 0) is 37.1 Å². The van der Waals surface area contributed by atoms with E-state index in [1.807, 2.05) is 7.05 Å². The summed E-state index contributed by atoms with van der Waals surface area (Å²) in [5, 5.41) is 3.40. The van der Waals surface area contributed by atoms with Crippen molar-refractivity contribution < 1.29 is 4.74 Å². The van der Waals surface area contributed by atoms with Gasteiger partial charge in [0.25, 0.3) is 0 Å². The smallest absolute Gasteiger partial charge is 0.0574 e. The second-order valence-electron chi connectivity index (χ2n) is 5.12. The number of benzene rings is 2. The van der Waals surface area contributed by atoms with E-state index in [-0.39, 0.29) is 6.04 Å². The second-order valence-corrected chi connectivity index (χ2v) is 5.12. The summed E-state index contributed by atoms with van der Waals surface area (Å²) in [7, 11) is 3.75. The van der Waals surface area contributed by atoms with E-state index in [0.717, 1.165) is 13.0 Å². The van der Waals surface area contributed by atoms with Crippen LogP contribution in [0.4, 0.5) is 0 Å². The SMILES string of the molecule is CNC(c1ccc(CCOC)cc1)c1cccc(C)c1. The lowest BCUT2D eigenvalue weighted by Gasteiger charge is -2.18. The largest absolute Gasteiger partial charge is 0.384 e. The van der Waals surface area contributed by atoms with Crippen LogP contribution >= 0.6 is 0 Å². The fourth-order valence-corrected chi connectivity index (χ4v) is 2.47. The molecule has 2 rings (SSSR count). The fourth-order valence-electron chi connectivity index (χ4n) is 2.47. The highest BCUT2D eigenvalue weighted by Gasteiger charge is 2.11. The summed E-state index contributed by atoms with van der Waals surface area (Å²) in [6.07, 6.45) is 0.964. The number of rotatable bonds is 6. The van der Waals surface area contributed by atoms with Gasteiger partial charge in [0.2, 0.25) is 0 Å². The predicted octanol–water partition coefficient (Wildman–Crippen LogP) is 3.49. The number of aryl methyl sites for hydroxylation is 1. The molecule has 0 fully saturated rings. The minimum absolute atomic E-state index is 0.242. The molecule has 0 heterocycles. The summed E-state index contributed by atoms with van der Waals surface area (Å²) in [4.78, 5) is 0. The van der Waals surface area contributed by atoms with Crippen molar-refractivity contribution in [3.63, 3.8) is 0 Å². The van der Waals surface area contributed by atoms with Gasteiger partial charge in [-0.2, -0.15) is 0 Å². The topological polar surface area (TPSA) is 21.3 Å². The average molecular weight is 269 g/mol. The molecule has 1 N–H and O–H groups in total. The van der Waals surface area contributed by atoms with Crippen LogP contribution in [0, 0.1) is 6.92 Å². The third-order valence-corrected chi connectivity index (χ3v) is 3.57. The van der Waals surface area contributed by atoms with Crippen molar-refractivity contribution >= 4 is 0 Å². The fraction of sp³-hybridized carbons (Fsp3) is 0.333. The predicted molar refractivity (Wildman–Crippen MR) is 84.1 cm³/mol. The van der Waals surface area contributed by atoms with E-state index in [9.17, 15) is 0 Å². The Kier molecular flexibility index (Phi) is 5.33. The summed E-state index contributed by atoms with van der Waals surface area (Å²) in [5.74, 6) is 0. The molecular weight excluding hydrogens is 246 g/mol. The van der Waals surface area contributed by atoms with Gasteiger partial charge in [-0.15, -0.1) is 0 Å². The third-order valence-electron chi connectivity index (χ3n) is 3.57. The number of ether oxygens (including phenoxy) is 1. The maximum Gasteiger partial charge on any atom is 0.0574 e. The summed E-state index contributed by atoms with van der Waals surface area (Å²) in [6, 6.07) is 17.7. The molecule has 0 saturated heterocycles. The highest BCUT2D eigenvalue weighted by atomic mass is 16.5. The lowest BCUT2D eigenvalue weighted by atomic mass is 9.96. The second kappa shape index (κ2) is 7.22. The van der Waals surface area contributed by atoms with Gasteiger partial charge in [-0.1, -0.05) is 54.1 Å². The molecule has 0 radical (unpaired) electrons. The van der Waals surface area contributed by atoms with Crippen LogP contribution in [-0.4, -0.2) is 20.8 Å². The van der Waals surface area contributed by atoms with Crippen molar-refractivity contribution in [2.24, 2.45) is 0 Å². The Bertz CT molecular complexity index is 533. The van der Waals surface area contributed by atoms with Crippen molar-refractivity contribution in [3.8, 4) is 0 Å². The van der Waals surface area contributed by atoms with E-state index >= 15 is 0 Å². The van der Waals surface area contributed by atoms with Crippen LogP contribution in [0.15, 0.2) is 48.5 Å². The lowest BCUT2D eigenvalue weighted by Crippen LogP contribution is -2.17. The highest BCUT2D eigenvalue weighted by Crippen LogP contribution is 2.23. The monoisotopic (exact) mass is 269 g/mol. The van der Waals surface area contributed by atoms with Gasteiger partial charge >= 0.3 is 0 Å². The first-order valence-electron chi connectivity index (χ1n) is 7.06. The Morgan fingerprint density at radius 1 is 1.05 bits per heavy atom. The molecule has 106 valence electrons. The van der Waals surface area contributed by atoms with E-state index < -0.39 is 0 Å². The first-order chi connectivity index (χ1) is 9.74. The normalized spacial score (nSPS) is 12.3. The van der Waals surface area contributed by atoms with E-state index in [1.54, 1.807) is 7.11 Å². The number of hydrogen-bond acceptors (Lipinski definition) is 2. The molecule has 1 atom stereocenters. The van der Waals surface area contributed by atoms with Crippen LogP contribution in [0.2, 0.25) is 0 Å². The maximum absolute atomic E-state index is 5.11. The third kappa shape index (κ3) is 3.69. The van der Waals surface area contributed by atoms with Crippen molar-refractivity contribution in [1.29, 1.82) is 0 Å².